The number of thioether (sulfide) groups is 1. The van der Waals surface area contributed by atoms with Crippen molar-refractivity contribution in [1.82, 2.24) is 9.97 Å². The van der Waals surface area contributed by atoms with Crippen LogP contribution in [0.4, 0.5) is 0 Å². The van der Waals surface area contributed by atoms with E-state index in [-0.39, 0.29) is 5.75 Å². The molecule has 0 saturated carbocycles. The molecule has 0 aliphatic rings. The van der Waals surface area contributed by atoms with E-state index in [1.54, 1.807) is 12.1 Å². The van der Waals surface area contributed by atoms with Gasteiger partial charge in [0.25, 0.3) is 0 Å². The highest BCUT2D eigenvalue weighted by Crippen LogP contribution is 2.22. The molecular weight excluding hydrogens is 400 g/mol. The highest BCUT2D eigenvalue weighted by molar-refractivity contribution is 7.98. The normalized spacial score (nSPS) is 10.9. The lowest BCUT2D eigenvalue weighted by Gasteiger charge is -2.07. The van der Waals surface area contributed by atoms with Gasteiger partial charge in [0.05, 0.1) is 11.3 Å². The first-order chi connectivity index (χ1) is 14.5. The topological polar surface area (TPSA) is 82.3 Å². The lowest BCUT2D eigenvalue weighted by molar-refractivity contribution is 0.0731. The molecule has 0 radical (unpaired) electrons. The van der Waals surface area contributed by atoms with Crippen LogP contribution in [0.1, 0.15) is 27.5 Å². The number of esters is 1. The Hall–Kier alpha value is -3.45. The van der Waals surface area contributed by atoms with Crippen molar-refractivity contribution in [3.63, 3.8) is 0 Å². The van der Waals surface area contributed by atoms with E-state index in [0.717, 1.165) is 22.2 Å². The fraction of sp³-hybridized carbons (Fsp3) is 0.130. The number of aryl methyl sites for hydroxylation is 2. The van der Waals surface area contributed by atoms with Crippen LogP contribution in [0, 0.1) is 13.8 Å². The largest absolute Gasteiger partial charge is 0.464 e. The minimum absolute atomic E-state index is 0.149. The second kappa shape index (κ2) is 8.51. The Morgan fingerprint density at radius 1 is 1.03 bits per heavy atom. The zero-order valence-corrected chi connectivity index (χ0v) is 17.2. The second-order valence-electron chi connectivity index (χ2n) is 6.71. The van der Waals surface area contributed by atoms with Crippen molar-refractivity contribution in [2.24, 2.45) is 0 Å². The third-order valence-electron chi connectivity index (χ3n) is 4.37. The van der Waals surface area contributed by atoms with E-state index in [1.165, 1.54) is 24.1 Å². The molecule has 0 N–H and O–H groups in total. The fourth-order valence-corrected chi connectivity index (χ4v) is 3.88. The van der Waals surface area contributed by atoms with Gasteiger partial charge in [0.1, 0.15) is 12.0 Å². The summed E-state index contributed by atoms with van der Waals surface area (Å²) in [6, 6.07) is 16.1. The molecule has 4 aromatic rings. The highest BCUT2D eigenvalue weighted by atomic mass is 32.2. The average Bonchev–Trinajstić information content (AvgIpc) is 2.73. The van der Waals surface area contributed by atoms with E-state index < -0.39 is 11.4 Å². The Kier molecular flexibility index (Phi) is 5.63. The summed E-state index contributed by atoms with van der Waals surface area (Å²) < 4.78 is 10.8. The van der Waals surface area contributed by atoms with Gasteiger partial charge in [0.15, 0.2) is 5.16 Å². The van der Waals surface area contributed by atoms with Gasteiger partial charge in [-0.3, -0.25) is 4.79 Å². The standard InChI is InChI=1S/C23H18N2O4S/c1-14-10-15(2)25-23(24-14)30-13-17-11-20(26)21(12-28-17)29-22(27)19-9-5-7-16-6-3-4-8-18(16)19/h3-12H,13H2,1-2H3. The van der Waals surface area contributed by atoms with Crippen LogP contribution < -0.4 is 10.2 Å². The highest BCUT2D eigenvalue weighted by Gasteiger charge is 2.15. The van der Waals surface area contributed by atoms with E-state index in [9.17, 15) is 9.59 Å². The number of rotatable bonds is 5. The molecule has 0 bridgehead atoms. The molecule has 2 aromatic carbocycles. The van der Waals surface area contributed by atoms with Crippen LogP contribution in [-0.2, 0) is 5.75 Å². The number of nitrogens with zero attached hydrogens (tertiary/aromatic N) is 2. The van der Waals surface area contributed by atoms with E-state index in [2.05, 4.69) is 9.97 Å². The Bertz CT molecular complexity index is 1270. The van der Waals surface area contributed by atoms with E-state index in [4.69, 9.17) is 9.15 Å². The molecule has 6 nitrogen and oxygen atoms in total. The van der Waals surface area contributed by atoms with Gasteiger partial charge in [-0.2, -0.15) is 0 Å². The zero-order valence-electron chi connectivity index (χ0n) is 16.4. The number of hydrogen-bond donors (Lipinski definition) is 0. The second-order valence-corrected chi connectivity index (χ2v) is 7.66. The number of benzene rings is 2. The van der Waals surface area contributed by atoms with Crippen molar-refractivity contribution in [2.75, 3.05) is 0 Å². The summed E-state index contributed by atoms with van der Waals surface area (Å²) in [6.45, 7) is 3.80. The molecule has 2 heterocycles. The monoisotopic (exact) mass is 418 g/mol. The number of hydrogen-bond acceptors (Lipinski definition) is 7. The maximum absolute atomic E-state index is 12.6. The van der Waals surface area contributed by atoms with Crippen LogP contribution in [0.25, 0.3) is 10.8 Å². The van der Waals surface area contributed by atoms with Crippen molar-refractivity contribution < 1.29 is 13.9 Å². The molecule has 0 aliphatic carbocycles. The van der Waals surface area contributed by atoms with E-state index >= 15 is 0 Å². The van der Waals surface area contributed by atoms with Crippen LogP contribution >= 0.6 is 11.8 Å². The van der Waals surface area contributed by atoms with Crippen LogP contribution in [0.3, 0.4) is 0 Å². The maximum Gasteiger partial charge on any atom is 0.344 e. The van der Waals surface area contributed by atoms with E-state index in [1.807, 2.05) is 50.2 Å². The summed E-state index contributed by atoms with van der Waals surface area (Å²) in [5.74, 6) is 0.0716. The van der Waals surface area contributed by atoms with Gasteiger partial charge in [-0.15, -0.1) is 0 Å². The van der Waals surface area contributed by atoms with Gasteiger partial charge in [-0.1, -0.05) is 48.2 Å². The summed E-state index contributed by atoms with van der Waals surface area (Å²) in [6.07, 6.45) is 1.17. The molecule has 0 amide bonds. The first kappa shape index (κ1) is 19.8. The summed E-state index contributed by atoms with van der Waals surface area (Å²) in [7, 11) is 0. The van der Waals surface area contributed by atoms with Gasteiger partial charge in [0, 0.05) is 17.5 Å². The lowest BCUT2D eigenvalue weighted by Crippen LogP contribution is -2.15. The number of ether oxygens (including phenoxy) is 1. The molecule has 150 valence electrons. The molecule has 0 spiro atoms. The first-order valence-electron chi connectivity index (χ1n) is 9.26. The van der Waals surface area contributed by atoms with Crippen molar-refractivity contribution in [3.05, 3.63) is 93.8 Å². The lowest BCUT2D eigenvalue weighted by atomic mass is 10.1. The Labute approximate surface area is 176 Å². The SMILES string of the molecule is Cc1cc(C)nc(SCc2cc(=O)c(OC(=O)c3cccc4ccccc34)co2)n1. The Morgan fingerprint density at radius 2 is 1.77 bits per heavy atom. The number of fused-ring (bicyclic) bond motifs is 1. The van der Waals surface area contributed by atoms with Gasteiger partial charge in [0.2, 0.25) is 11.2 Å². The molecule has 0 fully saturated rings. The summed E-state index contributed by atoms with van der Waals surface area (Å²) in [5.41, 5.74) is 1.72. The smallest absolute Gasteiger partial charge is 0.344 e. The predicted molar refractivity (Wildman–Crippen MR) is 115 cm³/mol. The minimum atomic E-state index is -0.607. The molecule has 7 heteroatoms. The van der Waals surface area contributed by atoms with Gasteiger partial charge >= 0.3 is 5.97 Å². The summed E-state index contributed by atoms with van der Waals surface area (Å²) in [5, 5.41) is 2.29. The van der Waals surface area contributed by atoms with Crippen molar-refractivity contribution >= 4 is 28.5 Å². The maximum atomic E-state index is 12.6. The third-order valence-corrected chi connectivity index (χ3v) is 5.24. The molecule has 4 rings (SSSR count). The van der Waals surface area contributed by atoms with Gasteiger partial charge < -0.3 is 9.15 Å². The quantitative estimate of drug-likeness (QED) is 0.264. The number of carbonyl (C=O) groups excluding carboxylic acids is 1. The zero-order chi connectivity index (χ0) is 21.1. The fourth-order valence-electron chi connectivity index (χ4n) is 3.04. The average molecular weight is 418 g/mol. The van der Waals surface area contributed by atoms with Crippen LogP contribution in [0.15, 0.2) is 75.2 Å². The van der Waals surface area contributed by atoms with Gasteiger partial charge in [-0.25, -0.2) is 14.8 Å². The Balaban J connectivity index is 1.49. The van der Waals surface area contributed by atoms with Crippen molar-refractivity contribution in [3.8, 4) is 5.75 Å². The van der Waals surface area contributed by atoms with Crippen LogP contribution in [0.5, 0.6) is 5.75 Å². The molecule has 0 atom stereocenters. The Morgan fingerprint density at radius 3 is 2.53 bits per heavy atom. The van der Waals surface area contributed by atoms with Crippen LogP contribution in [-0.4, -0.2) is 15.9 Å². The molecular formula is C23H18N2O4S. The predicted octanol–water partition coefficient (Wildman–Crippen LogP) is 4.71. The molecule has 2 aromatic heterocycles. The third kappa shape index (κ3) is 4.41. The summed E-state index contributed by atoms with van der Waals surface area (Å²) in [4.78, 5) is 33.7. The molecule has 0 unspecified atom stereocenters. The first-order valence-corrected chi connectivity index (χ1v) is 10.2. The molecule has 0 saturated heterocycles. The summed E-state index contributed by atoms with van der Waals surface area (Å²) >= 11 is 1.37. The minimum Gasteiger partial charge on any atom is -0.464 e. The van der Waals surface area contributed by atoms with Gasteiger partial charge in [-0.05, 0) is 36.8 Å². The van der Waals surface area contributed by atoms with Crippen molar-refractivity contribution in [1.29, 1.82) is 0 Å². The number of aromatic nitrogens is 2. The molecule has 30 heavy (non-hydrogen) atoms. The molecule has 0 aliphatic heterocycles. The van der Waals surface area contributed by atoms with E-state index in [0.29, 0.717) is 22.2 Å². The van der Waals surface area contributed by atoms with Crippen molar-refractivity contribution in [2.45, 2.75) is 24.8 Å². The van der Waals surface area contributed by atoms with Crippen LogP contribution in [0.2, 0.25) is 0 Å². The number of carbonyl (C=O) groups is 1.